The fraction of sp³-hybridized carbons (Fsp3) is 0.385. The largest absolute Gasteiger partial charge is 0.508 e. The van der Waals surface area contributed by atoms with Crippen LogP contribution in [-0.2, 0) is 0 Å². The van der Waals surface area contributed by atoms with Gasteiger partial charge in [-0.2, -0.15) is 0 Å². The zero-order chi connectivity index (χ0) is 13.9. The molecule has 0 spiro atoms. The SMILES string of the molecule is Cc1cc(C(=O)N(C)C(C)CC(N)=S)ccc1O. The number of nitrogens with zero attached hydrogens (tertiary/aromatic N) is 1. The lowest BCUT2D eigenvalue weighted by Crippen LogP contribution is -2.37. The number of aryl methyl sites for hydroxylation is 1. The highest BCUT2D eigenvalue weighted by molar-refractivity contribution is 7.80. The fourth-order valence-corrected chi connectivity index (χ4v) is 1.86. The van der Waals surface area contributed by atoms with E-state index in [2.05, 4.69) is 0 Å². The Morgan fingerprint density at radius 2 is 2.17 bits per heavy atom. The molecule has 0 aliphatic rings. The quantitative estimate of drug-likeness (QED) is 0.816. The van der Waals surface area contributed by atoms with E-state index < -0.39 is 0 Å². The van der Waals surface area contributed by atoms with Crippen molar-refractivity contribution in [3.8, 4) is 5.75 Å². The maximum absolute atomic E-state index is 12.2. The van der Waals surface area contributed by atoms with Gasteiger partial charge in [-0.05, 0) is 37.6 Å². The smallest absolute Gasteiger partial charge is 0.253 e. The predicted octanol–water partition coefficient (Wildman–Crippen LogP) is 1.84. The van der Waals surface area contributed by atoms with Gasteiger partial charge in [0.15, 0.2) is 0 Å². The number of thiocarbonyl (C=S) groups is 1. The van der Waals surface area contributed by atoms with Crippen molar-refractivity contribution >= 4 is 23.1 Å². The number of hydrogen-bond donors (Lipinski definition) is 2. The van der Waals surface area contributed by atoms with Crippen LogP contribution in [0, 0.1) is 6.92 Å². The summed E-state index contributed by atoms with van der Waals surface area (Å²) in [5.41, 5.74) is 6.70. The van der Waals surface area contributed by atoms with Crippen molar-refractivity contribution in [2.45, 2.75) is 26.3 Å². The Hall–Kier alpha value is -1.62. The average Bonchev–Trinajstić information content (AvgIpc) is 2.30. The lowest BCUT2D eigenvalue weighted by atomic mass is 10.1. The summed E-state index contributed by atoms with van der Waals surface area (Å²) >= 11 is 4.84. The van der Waals surface area contributed by atoms with E-state index in [0.29, 0.717) is 22.5 Å². The summed E-state index contributed by atoms with van der Waals surface area (Å²) < 4.78 is 0. The van der Waals surface area contributed by atoms with E-state index in [0.717, 1.165) is 0 Å². The third kappa shape index (κ3) is 3.43. The van der Waals surface area contributed by atoms with Crippen LogP contribution in [0.3, 0.4) is 0 Å². The van der Waals surface area contributed by atoms with Crippen molar-refractivity contribution < 1.29 is 9.90 Å². The topological polar surface area (TPSA) is 66.6 Å². The maximum atomic E-state index is 12.2. The maximum Gasteiger partial charge on any atom is 0.253 e. The molecule has 1 rings (SSSR count). The molecule has 0 saturated carbocycles. The first-order valence-corrected chi connectivity index (χ1v) is 6.08. The monoisotopic (exact) mass is 266 g/mol. The van der Waals surface area contributed by atoms with Crippen LogP contribution in [0.5, 0.6) is 5.75 Å². The number of amides is 1. The molecule has 18 heavy (non-hydrogen) atoms. The summed E-state index contributed by atoms with van der Waals surface area (Å²) in [6.07, 6.45) is 0.495. The Labute approximate surface area is 112 Å². The average molecular weight is 266 g/mol. The number of nitrogens with two attached hydrogens (primary N) is 1. The van der Waals surface area contributed by atoms with Gasteiger partial charge < -0.3 is 15.7 Å². The summed E-state index contributed by atoms with van der Waals surface area (Å²) in [5, 5.41) is 9.43. The Bertz CT molecular complexity index is 474. The van der Waals surface area contributed by atoms with Crippen LogP contribution in [0.25, 0.3) is 0 Å². The second-order valence-electron chi connectivity index (χ2n) is 4.44. The van der Waals surface area contributed by atoms with Crippen LogP contribution in [-0.4, -0.2) is 34.0 Å². The number of aromatic hydroxyl groups is 1. The molecule has 0 saturated heterocycles. The van der Waals surface area contributed by atoms with E-state index in [4.69, 9.17) is 18.0 Å². The molecule has 1 aromatic carbocycles. The number of carbonyl (C=O) groups excluding carboxylic acids is 1. The minimum absolute atomic E-state index is 0.0518. The molecule has 1 atom stereocenters. The molecule has 1 amide bonds. The third-order valence-electron chi connectivity index (χ3n) is 2.92. The molecule has 3 N–H and O–H groups in total. The number of benzene rings is 1. The molecule has 1 unspecified atom stereocenters. The van der Waals surface area contributed by atoms with Crippen LogP contribution in [0.15, 0.2) is 18.2 Å². The van der Waals surface area contributed by atoms with Gasteiger partial charge in [0, 0.05) is 25.1 Å². The van der Waals surface area contributed by atoms with Crippen LogP contribution in [0.4, 0.5) is 0 Å². The Morgan fingerprint density at radius 1 is 1.56 bits per heavy atom. The highest BCUT2D eigenvalue weighted by Gasteiger charge is 2.18. The molecule has 4 nitrogen and oxygen atoms in total. The molecule has 0 fully saturated rings. The van der Waals surface area contributed by atoms with Gasteiger partial charge in [0.25, 0.3) is 5.91 Å². The zero-order valence-corrected chi connectivity index (χ0v) is 11.6. The van der Waals surface area contributed by atoms with Gasteiger partial charge in [-0.3, -0.25) is 4.79 Å². The van der Waals surface area contributed by atoms with E-state index in [-0.39, 0.29) is 17.7 Å². The number of carbonyl (C=O) groups is 1. The summed E-state index contributed by atoms with van der Waals surface area (Å²) in [4.78, 5) is 14.2. The van der Waals surface area contributed by atoms with Gasteiger partial charge in [-0.25, -0.2) is 0 Å². The minimum atomic E-state index is -0.109. The highest BCUT2D eigenvalue weighted by Crippen LogP contribution is 2.18. The summed E-state index contributed by atoms with van der Waals surface area (Å²) in [6, 6.07) is 4.74. The molecule has 0 bridgehead atoms. The second-order valence-corrected chi connectivity index (χ2v) is 4.96. The number of rotatable bonds is 4. The predicted molar refractivity (Wildman–Crippen MR) is 75.8 cm³/mol. The lowest BCUT2D eigenvalue weighted by Gasteiger charge is -2.24. The van der Waals surface area contributed by atoms with Gasteiger partial charge in [-0.1, -0.05) is 12.2 Å². The molecule has 0 heterocycles. The first-order chi connectivity index (χ1) is 8.32. The summed E-state index contributed by atoms with van der Waals surface area (Å²) in [7, 11) is 1.72. The summed E-state index contributed by atoms with van der Waals surface area (Å²) in [5.74, 6) is 0.0761. The molecule has 0 aliphatic heterocycles. The van der Waals surface area contributed by atoms with E-state index in [9.17, 15) is 9.90 Å². The van der Waals surface area contributed by atoms with E-state index >= 15 is 0 Å². The van der Waals surface area contributed by atoms with Crippen LogP contribution in [0.1, 0.15) is 29.3 Å². The highest BCUT2D eigenvalue weighted by atomic mass is 32.1. The zero-order valence-electron chi connectivity index (χ0n) is 10.8. The van der Waals surface area contributed by atoms with Crippen molar-refractivity contribution in [3.05, 3.63) is 29.3 Å². The second kappa shape index (κ2) is 5.82. The lowest BCUT2D eigenvalue weighted by molar-refractivity contribution is 0.0748. The van der Waals surface area contributed by atoms with Crippen molar-refractivity contribution in [3.63, 3.8) is 0 Å². The van der Waals surface area contributed by atoms with Crippen molar-refractivity contribution in [1.29, 1.82) is 0 Å². The molecule has 5 heteroatoms. The van der Waals surface area contributed by atoms with Crippen LogP contribution in [0.2, 0.25) is 0 Å². The normalized spacial score (nSPS) is 11.9. The number of phenols is 1. The van der Waals surface area contributed by atoms with Gasteiger partial charge in [-0.15, -0.1) is 0 Å². The number of hydrogen-bond acceptors (Lipinski definition) is 3. The number of phenolic OH excluding ortho intramolecular Hbond substituents is 1. The van der Waals surface area contributed by atoms with Gasteiger partial charge in [0.05, 0.1) is 4.99 Å². The first kappa shape index (κ1) is 14.4. The van der Waals surface area contributed by atoms with Gasteiger partial charge in [0.2, 0.25) is 0 Å². The Kier molecular flexibility index (Phi) is 4.67. The van der Waals surface area contributed by atoms with Crippen LogP contribution >= 0.6 is 12.2 Å². The molecule has 0 aromatic heterocycles. The minimum Gasteiger partial charge on any atom is -0.508 e. The summed E-state index contributed by atoms with van der Waals surface area (Å²) in [6.45, 7) is 3.65. The van der Waals surface area contributed by atoms with Crippen LogP contribution < -0.4 is 5.73 Å². The first-order valence-electron chi connectivity index (χ1n) is 5.68. The molecule has 0 aliphatic carbocycles. The standard InChI is InChI=1S/C13H18N2O2S/c1-8-6-10(4-5-11(8)16)13(17)15(3)9(2)7-12(14)18/h4-6,9,16H,7H2,1-3H3,(H2,14,18). The van der Waals surface area contributed by atoms with Gasteiger partial charge in [0.1, 0.15) is 5.75 Å². The third-order valence-corrected chi connectivity index (χ3v) is 3.09. The fourth-order valence-electron chi connectivity index (χ4n) is 1.62. The van der Waals surface area contributed by atoms with E-state index in [1.807, 2.05) is 6.92 Å². The Balaban J connectivity index is 2.86. The molecule has 98 valence electrons. The van der Waals surface area contributed by atoms with Crippen molar-refractivity contribution in [2.75, 3.05) is 7.05 Å². The Morgan fingerprint density at radius 3 is 2.67 bits per heavy atom. The van der Waals surface area contributed by atoms with E-state index in [1.165, 1.54) is 6.07 Å². The molecule has 1 aromatic rings. The van der Waals surface area contributed by atoms with Crippen molar-refractivity contribution in [2.24, 2.45) is 5.73 Å². The molecule has 0 radical (unpaired) electrons. The van der Waals surface area contributed by atoms with E-state index in [1.54, 1.807) is 31.0 Å². The molecular formula is C13H18N2O2S. The molecular weight excluding hydrogens is 248 g/mol. The van der Waals surface area contributed by atoms with Gasteiger partial charge >= 0.3 is 0 Å². The van der Waals surface area contributed by atoms with Crippen molar-refractivity contribution in [1.82, 2.24) is 4.90 Å².